The predicted molar refractivity (Wildman–Crippen MR) is 248 cm³/mol. The molecule has 0 saturated heterocycles. The molecule has 0 amide bonds. The highest BCUT2D eigenvalue weighted by Gasteiger charge is 2.27. The number of aromatic hydroxyl groups is 2. The Morgan fingerprint density at radius 1 is 0.633 bits per heavy atom. The third kappa shape index (κ3) is 13.8. The average molecular weight is 1280 g/mol. The second kappa shape index (κ2) is 22.3. The molecule has 0 saturated carbocycles. The highest BCUT2D eigenvalue weighted by molar-refractivity contribution is 14.1. The number of carbonyl (C=O) groups is 6. The topological polar surface area (TPSA) is 249 Å². The molecule has 1 atom stereocenters. The summed E-state index contributed by atoms with van der Waals surface area (Å²) in [4.78, 5) is 75.9. The molecule has 1 unspecified atom stereocenters. The number of benzene rings is 4. The van der Waals surface area contributed by atoms with Crippen LogP contribution in [0, 0.1) is 14.3 Å². The Morgan fingerprint density at radius 2 is 1.12 bits per heavy atom. The minimum Gasteiger partial charge on any atom is -0.507 e. The summed E-state index contributed by atoms with van der Waals surface area (Å²) in [5.41, 5.74) is 1.16. The largest absolute Gasteiger partial charge is 0.507 e. The quantitative estimate of drug-likeness (QED) is 0.0301. The van der Waals surface area contributed by atoms with Crippen LogP contribution >= 0.6 is 90.4 Å². The first-order valence-electron chi connectivity index (χ1n) is 17.6. The van der Waals surface area contributed by atoms with E-state index in [0.717, 1.165) is 9.80 Å². The van der Waals surface area contributed by atoms with E-state index in [4.69, 9.17) is 9.47 Å². The van der Waals surface area contributed by atoms with Crippen molar-refractivity contribution in [1.29, 1.82) is 0 Å². The SMILES string of the molecule is CCOC(=O)C(Cc1cccc(C(=O)c2cc(CN(CC(=O)O)CC(=O)O)c(O)c(CN(CC(=O)O)CC(=O)O)c2)c1)c1cc(I)c(Oc2cc(I)c(O)c(I)c2)c(I)c1. The van der Waals surface area contributed by atoms with E-state index in [1.165, 1.54) is 18.2 Å². The summed E-state index contributed by atoms with van der Waals surface area (Å²) in [7, 11) is 0. The van der Waals surface area contributed by atoms with E-state index < -0.39 is 86.6 Å². The van der Waals surface area contributed by atoms with Gasteiger partial charge in [-0.3, -0.25) is 38.6 Å². The van der Waals surface area contributed by atoms with E-state index in [-0.39, 0.29) is 41.0 Å². The van der Waals surface area contributed by atoms with Crippen LogP contribution < -0.4 is 4.74 Å². The van der Waals surface area contributed by atoms with Crippen LogP contribution in [0.15, 0.2) is 60.7 Å². The summed E-state index contributed by atoms with van der Waals surface area (Å²) in [6.07, 6.45) is 0.103. The van der Waals surface area contributed by atoms with Crippen molar-refractivity contribution in [1.82, 2.24) is 9.80 Å². The maximum Gasteiger partial charge on any atom is 0.317 e. The van der Waals surface area contributed by atoms with Crippen LogP contribution in [0.2, 0.25) is 0 Å². The van der Waals surface area contributed by atoms with Gasteiger partial charge in [-0.05, 0) is 157 Å². The lowest BCUT2D eigenvalue weighted by Crippen LogP contribution is -2.35. The number of rotatable bonds is 21. The van der Waals surface area contributed by atoms with Gasteiger partial charge in [0.25, 0.3) is 0 Å². The van der Waals surface area contributed by atoms with Crippen molar-refractivity contribution in [3.05, 3.63) is 108 Å². The number of hydrogen-bond acceptors (Lipinski definition) is 12. The van der Waals surface area contributed by atoms with Crippen molar-refractivity contribution < 1.29 is 68.9 Å². The van der Waals surface area contributed by atoms with E-state index in [1.54, 1.807) is 49.4 Å². The Bertz CT molecular complexity index is 2180. The van der Waals surface area contributed by atoms with Crippen LogP contribution in [0.4, 0.5) is 0 Å². The monoisotopic (exact) mass is 1280 g/mol. The van der Waals surface area contributed by atoms with Gasteiger partial charge in [-0.2, -0.15) is 0 Å². The van der Waals surface area contributed by atoms with Crippen molar-refractivity contribution in [2.24, 2.45) is 0 Å². The molecule has 4 rings (SSSR count). The summed E-state index contributed by atoms with van der Waals surface area (Å²) in [6.45, 7) is -2.06. The number of carboxylic acid groups (broad SMARTS) is 4. The molecule has 0 aliphatic carbocycles. The smallest absolute Gasteiger partial charge is 0.317 e. The van der Waals surface area contributed by atoms with Crippen LogP contribution in [0.25, 0.3) is 0 Å². The molecule has 0 heterocycles. The molecule has 60 heavy (non-hydrogen) atoms. The van der Waals surface area contributed by atoms with Crippen LogP contribution in [0.1, 0.15) is 51.0 Å². The van der Waals surface area contributed by atoms with Crippen molar-refractivity contribution in [3.8, 4) is 23.0 Å². The number of hydrogen-bond donors (Lipinski definition) is 6. The van der Waals surface area contributed by atoms with Gasteiger partial charge in [0.1, 0.15) is 17.2 Å². The maximum absolute atomic E-state index is 14.2. The van der Waals surface area contributed by atoms with Gasteiger partial charge in [-0.1, -0.05) is 18.2 Å². The first-order valence-corrected chi connectivity index (χ1v) is 21.9. The van der Waals surface area contributed by atoms with Gasteiger partial charge in [0, 0.05) is 35.3 Å². The summed E-state index contributed by atoms with van der Waals surface area (Å²) in [6, 6.07) is 16.0. The normalized spacial score (nSPS) is 11.7. The third-order valence-electron chi connectivity index (χ3n) is 8.59. The lowest BCUT2D eigenvalue weighted by atomic mass is 9.90. The molecule has 0 spiro atoms. The van der Waals surface area contributed by atoms with E-state index >= 15 is 0 Å². The molecule has 6 N–H and O–H groups in total. The number of esters is 1. The van der Waals surface area contributed by atoms with Crippen molar-refractivity contribution in [2.75, 3.05) is 32.8 Å². The molecular formula is C40H36I4N2O14. The number of ether oxygens (including phenoxy) is 2. The predicted octanol–water partition coefficient (Wildman–Crippen LogP) is 6.37. The second-order valence-electron chi connectivity index (χ2n) is 13.2. The lowest BCUT2D eigenvalue weighted by molar-refractivity contribution is -0.145. The maximum atomic E-state index is 14.2. The molecule has 0 bridgehead atoms. The number of carboxylic acids is 4. The van der Waals surface area contributed by atoms with Crippen LogP contribution in [-0.4, -0.2) is 109 Å². The van der Waals surface area contributed by atoms with Crippen LogP contribution in [0.5, 0.6) is 23.0 Å². The Kier molecular flexibility index (Phi) is 18.1. The van der Waals surface area contributed by atoms with Crippen molar-refractivity contribution in [2.45, 2.75) is 32.4 Å². The zero-order chi connectivity index (χ0) is 44.4. The zero-order valence-electron chi connectivity index (χ0n) is 31.4. The minimum absolute atomic E-state index is 0.0502. The fourth-order valence-corrected chi connectivity index (χ4v) is 9.88. The third-order valence-corrected chi connectivity index (χ3v) is 11.8. The highest BCUT2D eigenvalue weighted by atomic mass is 127. The molecule has 0 radical (unpaired) electrons. The summed E-state index contributed by atoms with van der Waals surface area (Å²) < 4.78 is 14.3. The van der Waals surface area contributed by atoms with E-state index in [2.05, 4.69) is 45.2 Å². The fraction of sp³-hybridized carbons (Fsp3) is 0.250. The summed E-state index contributed by atoms with van der Waals surface area (Å²) in [5, 5.41) is 59.1. The molecule has 4 aromatic carbocycles. The molecular weight excluding hydrogens is 1240 g/mol. The molecule has 0 aromatic heterocycles. The molecule has 4 aromatic rings. The number of halogens is 4. The number of carbonyl (C=O) groups excluding carboxylic acids is 2. The Balaban J connectivity index is 1.74. The Morgan fingerprint density at radius 3 is 1.57 bits per heavy atom. The van der Waals surface area contributed by atoms with E-state index in [1.807, 2.05) is 45.2 Å². The van der Waals surface area contributed by atoms with Gasteiger partial charge in [0.05, 0.1) is 53.0 Å². The van der Waals surface area contributed by atoms with Gasteiger partial charge < -0.3 is 40.1 Å². The van der Waals surface area contributed by atoms with Crippen LogP contribution in [-0.2, 0) is 48.2 Å². The van der Waals surface area contributed by atoms with Crippen LogP contribution in [0.3, 0.4) is 0 Å². The van der Waals surface area contributed by atoms with Crippen molar-refractivity contribution in [3.63, 3.8) is 0 Å². The van der Waals surface area contributed by atoms with Gasteiger partial charge in [0.2, 0.25) is 0 Å². The molecule has 0 fully saturated rings. The number of nitrogens with zero attached hydrogens (tertiary/aromatic N) is 2. The molecule has 0 aliphatic heterocycles. The van der Waals surface area contributed by atoms with Gasteiger partial charge >= 0.3 is 29.8 Å². The van der Waals surface area contributed by atoms with Gasteiger partial charge in [-0.25, -0.2) is 0 Å². The lowest BCUT2D eigenvalue weighted by Gasteiger charge is -2.23. The number of ketones is 1. The number of phenolic OH excluding ortho intramolecular Hbond substituents is 2. The van der Waals surface area contributed by atoms with Gasteiger partial charge in [-0.15, -0.1) is 0 Å². The molecule has 16 nitrogen and oxygen atoms in total. The number of phenols is 2. The minimum atomic E-state index is -1.36. The Hall–Kier alpha value is -3.86. The summed E-state index contributed by atoms with van der Waals surface area (Å²) >= 11 is 8.26. The molecule has 20 heteroatoms. The highest BCUT2D eigenvalue weighted by Crippen LogP contribution is 2.39. The van der Waals surface area contributed by atoms with E-state index in [9.17, 15) is 59.4 Å². The first-order chi connectivity index (χ1) is 28.3. The zero-order valence-corrected chi connectivity index (χ0v) is 40.0. The fourth-order valence-electron chi connectivity index (χ4n) is 6.13. The Labute approximate surface area is 397 Å². The average Bonchev–Trinajstić information content (AvgIpc) is 3.14. The second-order valence-corrected chi connectivity index (χ2v) is 17.8. The van der Waals surface area contributed by atoms with Crippen molar-refractivity contribution >= 4 is 126 Å². The first kappa shape index (κ1) is 48.8. The van der Waals surface area contributed by atoms with E-state index in [0.29, 0.717) is 36.9 Å². The molecule has 318 valence electrons. The number of aliphatic carboxylic acids is 4. The summed E-state index contributed by atoms with van der Waals surface area (Å²) in [5.74, 6) is -6.66. The standard InChI is InChI=1S/C40H36I4N2O14/c1-2-59-40(58)27(22-10-30(43)39(31(44)11-22)60-26-12-28(41)38(57)29(42)13-26)7-20-4-3-5-21(6-20)36(55)23-8-24(14-45(16-32(47)48)17-33(49)50)37(56)25(9-23)15-46(18-34(51)52)19-35(53)54/h3-6,8-13,27,56-57H,2,7,14-19H2,1H3,(H,47,48)(H,49,50)(H,51,52)(H,53,54). The van der Waals surface area contributed by atoms with Gasteiger partial charge in [0.15, 0.2) is 11.5 Å². The molecule has 0 aliphatic rings.